The number of benzene rings is 2. The first-order valence-electron chi connectivity index (χ1n) is 12.5. The molecular weight excluding hydrogens is 559 g/mol. The molecule has 1 aliphatic rings. The second kappa shape index (κ2) is 12.6. The first-order valence-corrected chi connectivity index (χ1v) is 14.7. The Morgan fingerprint density at radius 1 is 1.18 bits per heavy atom. The first-order chi connectivity index (χ1) is 19.0. The lowest BCUT2D eigenvalue weighted by Crippen LogP contribution is -2.44. The number of hydrogen-bond acceptors (Lipinski definition) is 10. The summed E-state index contributed by atoms with van der Waals surface area (Å²) in [4.78, 5) is 26.7. The third-order valence-corrected chi connectivity index (χ3v) is 8.74. The van der Waals surface area contributed by atoms with Crippen LogP contribution in [0.25, 0.3) is 0 Å². The van der Waals surface area contributed by atoms with Crippen LogP contribution in [0.2, 0.25) is 0 Å². The van der Waals surface area contributed by atoms with Gasteiger partial charge in [-0.25, -0.2) is 4.57 Å². The van der Waals surface area contributed by atoms with E-state index in [9.17, 15) is 24.4 Å². The lowest BCUT2D eigenvalue weighted by atomic mass is 9.96. The number of para-hydroxylation sites is 1. The van der Waals surface area contributed by atoms with Gasteiger partial charge in [0.05, 0.1) is 18.7 Å². The molecular formula is C27H31N2O9PS. The van der Waals surface area contributed by atoms with Crippen LogP contribution in [-0.2, 0) is 30.0 Å². The van der Waals surface area contributed by atoms with Crippen LogP contribution in [-0.4, -0.2) is 56.3 Å². The van der Waals surface area contributed by atoms with Gasteiger partial charge in [0.1, 0.15) is 30.2 Å². The van der Waals surface area contributed by atoms with Crippen molar-refractivity contribution in [3.63, 3.8) is 0 Å². The maximum atomic E-state index is 13.9. The van der Waals surface area contributed by atoms with Gasteiger partial charge in [-0.1, -0.05) is 55.5 Å². The Labute approximate surface area is 235 Å². The van der Waals surface area contributed by atoms with Gasteiger partial charge in [-0.05, 0) is 36.8 Å². The van der Waals surface area contributed by atoms with E-state index in [0.717, 1.165) is 5.56 Å². The quantitative estimate of drug-likeness (QED) is 0.172. The molecule has 1 aliphatic heterocycles. The molecule has 2 aromatic carbocycles. The van der Waals surface area contributed by atoms with Crippen molar-refractivity contribution >= 4 is 25.8 Å². The molecule has 0 amide bonds. The molecule has 3 aromatic rings. The van der Waals surface area contributed by atoms with Crippen molar-refractivity contribution in [3.8, 4) is 5.75 Å². The molecule has 1 unspecified atom stereocenters. The summed E-state index contributed by atoms with van der Waals surface area (Å²) in [5.41, 5.74) is -1.47. The van der Waals surface area contributed by atoms with E-state index in [0.29, 0.717) is 0 Å². The maximum Gasteiger partial charge on any atom is 0.380 e. The molecule has 6 atom stereocenters. The van der Waals surface area contributed by atoms with E-state index in [2.05, 4.69) is 4.98 Å². The summed E-state index contributed by atoms with van der Waals surface area (Å²) < 4.78 is 37.9. The summed E-state index contributed by atoms with van der Waals surface area (Å²) in [6, 6.07) is 18.7. The second-order valence-corrected chi connectivity index (χ2v) is 12.1. The fraction of sp³-hybridized carbons (Fsp3) is 0.370. The number of esters is 1. The van der Waals surface area contributed by atoms with Crippen molar-refractivity contribution in [3.05, 3.63) is 93.6 Å². The van der Waals surface area contributed by atoms with Gasteiger partial charge in [-0.2, -0.15) is 0 Å². The zero-order valence-corrected chi connectivity index (χ0v) is 23.6. The number of nitrogens with one attached hydrogen (secondary N) is 1. The number of hydrogen-bond donors (Lipinski definition) is 3. The number of H-pyrrole nitrogens is 1. The number of aliphatic hydroxyl groups is 2. The van der Waals surface area contributed by atoms with E-state index in [1.165, 1.54) is 23.8 Å². The minimum Gasteiger partial charge on any atom is -0.461 e. The normalized spacial score (nSPS) is 24.6. The highest BCUT2D eigenvalue weighted by Gasteiger charge is 2.53. The molecule has 0 bridgehead atoms. The van der Waals surface area contributed by atoms with E-state index in [1.54, 1.807) is 37.3 Å². The summed E-state index contributed by atoms with van der Waals surface area (Å²) >= 11 is 5.17. The molecule has 40 heavy (non-hydrogen) atoms. The average molecular weight is 591 g/mol. The van der Waals surface area contributed by atoms with E-state index in [1.807, 2.05) is 30.3 Å². The van der Waals surface area contributed by atoms with E-state index >= 15 is 0 Å². The molecule has 3 N–H and O–H groups in total. The van der Waals surface area contributed by atoms with Crippen LogP contribution in [0.3, 0.4) is 0 Å². The summed E-state index contributed by atoms with van der Waals surface area (Å²) in [7, 11) is -4.02. The van der Waals surface area contributed by atoms with Gasteiger partial charge in [-0.3, -0.25) is 23.7 Å². The second-order valence-electron chi connectivity index (χ2n) is 9.70. The lowest BCUT2D eigenvalue weighted by molar-refractivity contribution is -0.148. The SMILES string of the molecule is C[C@H](C[P@@](=O)(OC[C@H]1O[C@@H](n2ccc(=O)[nH]c2=S)C(C)(O)[C@H]1O)Oc1ccccc1)C(=O)OCc1ccccc1. The van der Waals surface area contributed by atoms with Gasteiger partial charge in [0.15, 0.2) is 11.0 Å². The highest BCUT2D eigenvalue weighted by Crippen LogP contribution is 2.51. The third-order valence-electron chi connectivity index (χ3n) is 6.41. The molecule has 1 aromatic heterocycles. The number of aromatic amines is 1. The van der Waals surface area contributed by atoms with Crippen LogP contribution >= 0.6 is 19.8 Å². The first kappa shape index (κ1) is 29.9. The number of nitrogens with zero attached hydrogens (tertiary/aromatic N) is 1. The number of aromatic nitrogens is 2. The molecule has 4 rings (SSSR count). The highest BCUT2D eigenvalue weighted by molar-refractivity contribution is 7.71. The number of aliphatic hydroxyl groups excluding tert-OH is 1. The van der Waals surface area contributed by atoms with Crippen LogP contribution in [0.15, 0.2) is 77.7 Å². The Hall–Kier alpha value is -3.12. The van der Waals surface area contributed by atoms with Gasteiger partial charge < -0.3 is 24.2 Å². The number of ether oxygens (including phenoxy) is 2. The standard InChI is InChI=1S/C27H31N2O9PS/c1-18(24(32)35-15-19-9-5-3-6-10-19)17-39(34,38-20-11-7-4-8-12-20)36-16-21-23(31)27(2,33)25(37-21)29-14-13-22(30)28-26(29)40/h3-14,18,21,23,25,31,33H,15-17H2,1-2H3,(H,28,30,40)/t18-,21-,23+,25-,27?,39-/m1/s1. The molecule has 11 nitrogen and oxygen atoms in total. The zero-order valence-electron chi connectivity index (χ0n) is 21.9. The summed E-state index contributed by atoms with van der Waals surface area (Å²) in [6.45, 7) is 2.51. The predicted octanol–water partition coefficient (Wildman–Crippen LogP) is 3.58. The predicted molar refractivity (Wildman–Crippen MR) is 147 cm³/mol. The molecule has 2 heterocycles. The van der Waals surface area contributed by atoms with E-state index in [4.69, 9.17) is 30.7 Å². The van der Waals surface area contributed by atoms with Crippen molar-refractivity contribution in [2.75, 3.05) is 12.8 Å². The molecule has 0 radical (unpaired) electrons. The van der Waals surface area contributed by atoms with Gasteiger partial charge in [0.25, 0.3) is 5.56 Å². The minimum atomic E-state index is -4.02. The average Bonchev–Trinajstić information content (AvgIpc) is 3.15. The van der Waals surface area contributed by atoms with Crippen LogP contribution in [0.4, 0.5) is 0 Å². The Balaban J connectivity index is 1.48. The minimum absolute atomic E-state index is 0.0209. The van der Waals surface area contributed by atoms with Crippen molar-refractivity contribution < 1.29 is 38.1 Å². The smallest absolute Gasteiger partial charge is 0.380 e. The molecule has 13 heteroatoms. The Morgan fingerprint density at radius 2 is 1.82 bits per heavy atom. The Bertz CT molecular complexity index is 1460. The molecule has 0 spiro atoms. The van der Waals surface area contributed by atoms with Crippen LogP contribution in [0.5, 0.6) is 5.75 Å². The third kappa shape index (κ3) is 7.14. The van der Waals surface area contributed by atoms with Gasteiger partial charge in [-0.15, -0.1) is 0 Å². The fourth-order valence-electron chi connectivity index (χ4n) is 4.22. The summed E-state index contributed by atoms with van der Waals surface area (Å²) in [5.74, 6) is -1.19. The van der Waals surface area contributed by atoms with Crippen molar-refractivity contribution in [2.45, 2.75) is 44.5 Å². The number of rotatable bonds is 11. The van der Waals surface area contributed by atoms with Crippen LogP contribution < -0.4 is 10.1 Å². The number of carbonyl (C=O) groups excluding carboxylic acids is 1. The maximum absolute atomic E-state index is 13.9. The molecule has 0 saturated carbocycles. The summed E-state index contributed by atoms with van der Waals surface area (Å²) in [5, 5.41) is 21.9. The van der Waals surface area contributed by atoms with E-state index < -0.39 is 55.7 Å². The monoisotopic (exact) mass is 590 g/mol. The Kier molecular flexibility index (Phi) is 9.40. The van der Waals surface area contributed by atoms with Crippen LogP contribution in [0.1, 0.15) is 25.6 Å². The number of carbonyl (C=O) groups is 1. The highest BCUT2D eigenvalue weighted by atomic mass is 32.1. The molecule has 1 fully saturated rings. The Morgan fingerprint density at radius 3 is 2.48 bits per heavy atom. The molecule has 214 valence electrons. The van der Waals surface area contributed by atoms with Crippen molar-refractivity contribution in [2.24, 2.45) is 5.92 Å². The topological polar surface area (TPSA) is 149 Å². The van der Waals surface area contributed by atoms with Crippen molar-refractivity contribution in [1.82, 2.24) is 9.55 Å². The van der Waals surface area contributed by atoms with E-state index in [-0.39, 0.29) is 23.3 Å². The van der Waals surface area contributed by atoms with Crippen LogP contribution in [0, 0.1) is 10.7 Å². The lowest BCUT2D eigenvalue weighted by Gasteiger charge is -2.28. The van der Waals surface area contributed by atoms with Gasteiger partial charge in [0.2, 0.25) is 0 Å². The molecule has 1 saturated heterocycles. The van der Waals surface area contributed by atoms with Gasteiger partial charge >= 0.3 is 13.6 Å². The summed E-state index contributed by atoms with van der Waals surface area (Å²) in [6.07, 6.45) is -2.79. The molecule has 0 aliphatic carbocycles. The largest absolute Gasteiger partial charge is 0.461 e. The zero-order chi connectivity index (χ0) is 28.9. The fourth-order valence-corrected chi connectivity index (χ4v) is 6.34. The van der Waals surface area contributed by atoms with Crippen molar-refractivity contribution in [1.29, 1.82) is 0 Å². The van der Waals surface area contributed by atoms with Gasteiger partial charge in [0, 0.05) is 12.3 Å².